The van der Waals surface area contributed by atoms with E-state index in [0.717, 1.165) is 58.7 Å². The normalized spacial score (nSPS) is 14.3. The van der Waals surface area contributed by atoms with Crippen LogP contribution in [0, 0.1) is 13.8 Å². The second kappa shape index (κ2) is 15.2. The molecule has 4 aromatic carbocycles. The van der Waals surface area contributed by atoms with Crippen LogP contribution in [0.3, 0.4) is 0 Å². The Morgan fingerprint density at radius 3 is 2.04 bits per heavy atom. The highest BCUT2D eigenvalue weighted by Crippen LogP contribution is 2.26. The molecule has 0 spiro atoms. The molecule has 7 nitrogen and oxygen atoms in total. The van der Waals surface area contributed by atoms with Gasteiger partial charge >= 0.3 is 0 Å². The summed E-state index contributed by atoms with van der Waals surface area (Å²) in [6.07, 6.45) is 5.39. The van der Waals surface area contributed by atoms with Crippen LogP contribution in [0.25, 0.3) is 0 Å². The van der Waals surface area contributed by atoms with Gasteiger partial charge in [-0.05, 0) is 62.1 Å². The number of amides is 2. The van der Waals surface area contributed by atoms with Gasteiger partial charge in [0.2, 0.25) is 11.8 Å². The highest BCUT2D eigenvalue weighted by atomic mass is 32.2. The average molecular weight is 638 g/mol. The zero-order valence-corrected chi connectivity index (χ0v) is 27.5. The van der Waals surface area contributed by atoms with Crippen LogP contribution in [0.1, 0.15) is 54.4 Å². The van der Waals surface area contributed by atoms with Crippen molar-refractivity contribution in [1.29, 1.82) is 0 Å². The summed E-state index contributed by atoms with van der Waals surface area (Å²) in [5, 5.41) is 3.25. The first-order chi connectivity index (χ1) is 22.2. The van der Waals surface area contributed by atoms with E-state index in [1.807, 2.05) is 68.4 Å². The van der Waals surface area contributed by atoms with E-state index in [1.165, 1.54) is 0 Å². The van der Waals surface area contributed by atoms with Crippen LogP contribution in [0.2, 0.25) is 0 Å². The van der Waals surface area contributed by atoms with Gasteiger partial charge in [-0.25, -0.2) is 8.42 Å². The van der Waals surface area contributed by atoms with Crippen molar-refractivity contribution >= 4 is 27.5 Å². The van der Waals surface area contributed by atoms with E-state index in [0.29, 0.717) is 12.1 Å². The maximum absolute atomic E-state index is 14.6. The fourth-order valence-corrected chi connectivity index (χ4v) is 7.48. The molecular formula is C38H43N3O4S. The number of sulfonamides is 1. The molecule has 1 atom stereocenters. The lowest BCUT2D eigenvalue weighted by Gasteiger charge is -2.35. The van der Waals surface area contributed by atoms with Crippen LogP contribution < -0.4 is 9.62 Å². The summed E-state index contributed by atoms with van der Waals surface area (Å²) in [7, 11) is -4.12. The van der Waals surface area contributed by atoms with Gasteiger partial charge in [0.1, 0.15) is 12.6 Å². The predicted molar refractivity (Wildman–Crippen MR) is 183 cm³/mol. The Morgan fingerprint density at radius 2 is 1.39 bits per heavy atom. The lowest BCUT2D eigenvalue weighted by molar-refractivity contribution is -0.140. The maximum Gasteiger partial charge on any atom is 0.264 e. The Kier molecular flexibility index (Phi) is 10.9. The second-order valence-corrected chi connectivity index (χ2v) is 14.1. The summed E-state index contributed by atoms with van der Waals surface area (Å²) < 4.78 is 29.4. The number of nitrogens with one attached hydrogen (secondary N) is 1. The van der Waals surface area contributed by atoms with Gasteiger partial charge < -0.3 is 10.2 Å². The third-order valence-corrected chi connectivity index (χ3v) is 10.4. The Hall–Kier alpha value is -4.43. The molecule has 1 aliphatic carbocycles. The van der Waals surface area contributed by atoms with Crippen molar-refractivity contribution in [2.75, 3.05) is 10.8 Å². The van der Waals surface area contributed by atoms with Crippen molar-refractivity contribution in [3.05, 3.63) is 131 Å². The lowest BCUT2D eigenvalue weighted by Crippen LogP contribution is -2.55. The molecule has 0 radical (unpaired) electrons. The van der Waals surface area contributed by atoms with E-state index in [1.54, 1.807) is 59.5 Å². The highest BCUT2D eigenvalue weighted by Gasteiger charge is 2.35. The number of hydrogen-bond acceptors (Lipinski definition) is 4. The zero-order chi connectivity index (χ0) is 32.5. The van der Waals surface area contributed by atoms with Crippen molar-refractivity contribution in [3.63, 3.8) is 0 Å². The SMILES string of the molecule is Cc1ccc(S(=O)(=O)N(CC(=O)N(Cc2cccc(C)c2)C(Cc2ccccc2)C(=O)NC2CCCCC2)c2ccccc2)cc1. The number of carbonyl (C=O) groups is 2. The topological polar surface area (TPSA) is 86.8 Å². The van der Waals surface area contributed by atoms with Crippen molar-refractivity contribution < 1.29 is 18.0 Å². The quantitative estimate of drug-likeness (QED) is 0.190. The summed E-state index contributed by atoms with van der Waals surface area (Å²) in [4.78, 5) is 30.5. The smallest absolute Gasteiger partial charge is 0.264 e. The first-order valence-corrected chi connectivity index (χ1v) is 17.5. The maximum atomic E-state index is 14.6. The minimum atomic E-state index is -4.12. The minimum Gasteiger partial charge on any atom is -0.352 e. The van der Waals surface area contributed by atoms with Crippen LogP contribution >= 0.6 is 0 Å². The molecule has 1 fully saturated rings. The second-order valence-electron chi connectivity index (χ2n) is 12.2. The van der Waals surface area contributed by atoms with Crippen LogP contribution in [0.5, 0.6) is 0 Å². The molecule has 46 heavy (non-hydrogen) atoms. The van der Waals surface area contributed by atoms with Crippen molar-refractivity contribution in [1.82, 2.24) is 10.2 Å². The summed E-state index contributed by atoms with van der Waals surface area (Å²) in [5.74, 6) is -0.676. The van der Waals surface area contributed by atoms with Crippen LogP contribution in [0.15, 0.2) is 114 Å². The van der Waals surface area contributed by atoms with E-state index in [9.17, 15) is 18.0 Å². The molecule has 1 aliphatic rings. The molecule has 2 amide bonds. The largest absolute Gasteiger partial charge is 0.352 e. The van der Waals surface area contributed by atoms with Gasteiger partial charge in [0.05, 0.1) is 10.6 Å². The van der Waals surface area contributed by atoms with Crippen molar-refractivity contribution in [2.45, 2.75) is 75.9 Å². The molecule has 0 aliphatic heterocycles. The molecule has 0 bridgehead atoms. The molecule has 240 valence electrons. The molecule has 0 aromatic heterocycles. The van der Waals surface area contributed by atoms with Gasteiger partial charge in [0.25, 0.3) is 10.0 Å². The molecule has 8 heteroatoms. The zero-order valence-electron chi connectivity index (χ0n) is 26.6. The molecule has 0 saturated heterocycles. The average Bonchev–Trinajstić information content (AvgIpc) is 3.06. The fraction of sp³-hybridized carbons (Fsp3) is 0.316. The van der Waals surface area contributed by atoms with Gasteiger partial charge in [-0.1, -0.05) is 115 Å². The Balaban J connectivity index is 1.55. The molecule has 1 saturated carbocycles. The highest BCUT2D eigenvalue weighted by molar-refractivity contribution is 7.92. The van der Waals surface area contributed by atoms with Gasteiger partial charge in [-0.15, -0.1) is 0 Å². The number of nitrogens with zero attached hydrogens (tertiary/aromatic N) is 2. The Bertz CT molecular complexity index is 1700. The lowest BCUT2D eigenvalue weighted by atomic mass is 9.94. The molecule has 5 rings (SSSR count). The third-order valence-electron chi connectivity index (χ3n) is 8.59. The number of carbonyl (C=O) groups excluding carboxylic acids is 2. The summed E-state index contributed by atoms with van der Waals surface area (Å²) >= 11 is 0. The summed E-state index contributed by atoms with van der Waals surface area (Å²) in [6.45, 7) is 3.57. The number of rotatable bonds is 12. The van der Waals surface area contributed by atoms with E-state index in [4.69, 9.17) is 0 Å². The van der Waals surface area contributed by atoms with Crippen molar-refractivity contribution in [3.8, 4) is 0 Å². The van der Waals surface area contributed by atoms with Gasteiger partial charge in [-0.2, -0.15) is 0 Å². The number of para-hydroxylation sites is 1. The number of aryl methyl sites for hydroxylation is 2. The van der Waals surface area contributed by atoms with Crippen LogP contribution in [-0.2, 0) is 32.6 Å². The summed E-state index contributed by atoms with van der Waals surface area (Å²) in [5.41, 5.74) is 4.12. The Labute approximate surface area is 273 Å². The molecule has 0 heterocycles. The van der Waals surface area contributed by atoms with E-state index in [-0.39, 0.29) is 23.4 Å². The molecule has 1 N–H and O–H groups in total. The van der Waals surface area contributed by atoms with Crippen molar-refractivity contribution in [2.24, 2.45) is 0 Å². The fourth-order valence-electron chi connectivity index (χ4n) is 6.07. The number of anilines is 1. The van der Waals surface area contributed by atoms with Gasteiger partial charge in [0, 0.05) is 19.0 Å². The monoisotopic (exact) mass is 637 g/mol. The third kappa shape index (κ3) is 8.43. The first-order valence-electron chi connectivity index (χ1n) is 16.0. The van der Waals surface area contributed by atoms with E-state index < -0.39 is 28.5 Å². The van der Waals surface area contributed by atoms with Crippen LogP contribution in [-0.4, -0.2) is 43.8 Å². The van der Waals surface area contributed by atoms with E-state index in [2.05, 4.69) is 5.32 Å². The van der Waals surface area contributed by atoms with E-state index >= 15 is 0 Å². The first kappa shape index (κ1) is 32.9. The number of benzene rings is 4. The molecule has 4 aromatic rings. The number of hydrogen-bond donors (Lipinski definition) is 1. The van der Waals surface area contributed by atoms with Gasteiger partial charge in [-0.3, -0.25) is 13.9 Å². The summed E-state index contributed by atoms with van der Waals surface area (Å²) in [6, 6.07) is 32.0. The van der Waals surface area contributed by atoms with Gasteiger partial charge in [0.15, 0.2) is 0 Å². The standard InChI is InChI=1S/C38H43N3O4S/c1-29-21-23-35(24-22-29)46(44,45)41(34-19-10-5-11-20-34)28-37(42)40(27-32-16-12-13-30(2)25-32)36(26-31-14-6-3-7-15-31)38(43)39-33-17-8-4-9-18-33/h3,5-7,10-16,19-25,33,36H,4,8-9,17-18,26-28H2,1-2H3,(H,39,43). The minimum absolute atomic E-state index is 0.0539. The molecule has 1 unspecified atom stereocenters. The predicted octanol–water partition coefficient (Wildman–Crippen LogP) is 6.59. The van der Waals surface area contributed by atoms with Crippen LogP contribution in [0.4, 0.5) is 5.69 Å². The molecular weight excluding hydrogens is 595 g/mol. The Morgan fingerprint density at radius 1 is 0.761 bits per heavy atom.